The Labute approximate surface area is 124 Å². The lowest BCUT2D eigenvalue weighted by Gasteiger charge is -2.26. The van der Waals surface area contributed by atoms with E-state index in [1.165, 1.54) is 12.1 Å². The number of halogens is 1. The normalized spacial score (nSPS) is 11.8. The van der Waals surface area contributed by atoms with Crippen LogP contribution in [0.15, 0.2) is 42.5 Å². The van der Waals surface area contributed by atoms with Crippen molar-refractivity contribution in [3.05, 3.63) is 59.4 Å². The van der Waals surface area contributed by atoms with Gasteiger partial charge >= 0.3 is 0 Å². The molecular weight excluding hydrogens is 265 g/mol. The first kappa shape index (κ1) is 15.0. The first-order valence-electron chi connectivity index (χ1n) is 6.78. The molecule has 2 aromatic carbocycles. The van der Waals surface area contributed by atoms with Crippen molar-refractivity contribution in [3.63, 3.8) is 0 Å². The van der Waals surface area contributed by atoms with Crippen LogP contribution in [0.1, 0.15) is 24.1 Å². The van der Waals surface area contributed by atoms with Crippen LogP contribution in [0.5, 0.6) is 0 Å². The summed E-state index contributed by atoms with van der Waals surface area (Å²) in [5.41, 5.74) is 3.12. The molecule has 1 atom stereocenters. The van der Waals surface area contributed by atoms with Gasteiger partial charge in [0, 0.05) is 18.8 Å². The van der Waals surface area contributed by atoms with Crippen LogP contribution >= 0.6 is 0 Å². The smallest absolute Gasteiger partial charge is 0.123 e. The van der Waals surface area contributed by atoms with Crippen LogP contribution in [0, 0.1) is 17.1 Å². The maximum atomic E-state index is 13.6. The van der Waals surface area contributed by atoms with Gasteiger partial charge in [0.05, 0.1) is 11.3 Å². The van der Waals surface area contributed by atoms with E-state index in [-0.39, 0.29) is 11.9 Å². The Morgan fingerprint density at radius 3 is 2.57 bits per heavy atom. The molecule has 0 bridgehead atoms. The lowest BCUT2D eigenvalue weighted by atomic mass is 10.0. The van der Waals surface area contributed by atoms with E-state index in [0.717, 1.165) is 16.9 Å². The summed E-state index contributed by atoms with van der Waals surface area (Å²) >= 11 is 0. The standard InChI is InChI=1S/C17H18FN3/c1-12(20-2)15-10-14(18)8-9-17(15)21(3)16-7-5-4-6-13(16)11-19/h4-10,12,20H,1-3H3. The molecule has 0 aliphatic carbocycles. The fourth-order valence-electron chi connectivity index (χ4n) is 2.32. The van der Waals surface area contributed by atoms with Gasteiger partial charge in [-0.05, 0) is 49.9 Å². The van der Waals surface area contributed by atoms with Crippen molar-refractivity contribution in [1.82, 2.24) is 5.32 Å². The molecule has 0 aliphatic heterocycles. The van der Waals surface area contributed by atoms with Crippen molar-refractivity contribution in [2.24, 2.45) is 0 Å². The van der Waals surface area contributed by atoms with Crippen LogP contribution in [0.25, 0.3) is 0 Å². The molecule has 0 amide bonds. The van der Waals surface area contributed by atoms with Gasteiger partial charge < -0.3 is 10.2 Å². The molecule has 21 heavy (non-hydrogen) atoms. The van der Waals surface area contributed by atoms with Gasteiger partial charge in [-0.25, -0.2) is 4.39 Å². The minimum Gasteiger partial charge on any atom is -0.343 e. The first-order chi connectivity index (χ1) is 10.1. The predicted octanol–water partition coefficient (Wildman–Crippen LogP) is 3.75. The molecule has 0 aliphatic rings. The quantitative estimate of drug-likeness (QED) is 0.929. The minimum atomic E-state index is -0.266. The molecule has 4 heteroatoms. The predicted molar refractivity (Wildman–Crippen MR) is 83.1 cm³/mol. The fourth-order valence-corrected chi connectivity index (χ4v) is 2.32. The lowest BCUT2D eigenvalue weighted by molar-refractivity contribution is 0.608. The summed E-state index contributed by atoms with van der Waals surface area (Å²) in [5, 5.41) is 12.4. The van der Waals surface area contributed by atoms with Gasteiger partial charge in [0.2, 0.25) is 0 Å². The van der Waals surface area contributed by atoms with Gasteiger partial charge in [-0.15, -0.1) is 0 Å². The van der Waals surface area contributed by atoms with Crippen LogP contribution in [0.3, 0.4) is 0 Å². The summed E-state index contributed by atoms with van der Waals surface area (Å²) in [6.45, 7) is 1.97. The molecule has 0 saturated heterocycles. The molecule has 1 N–H and O–H groups in total. The van der Waals surface area contributed by atoms with E-state index in [4.69, 9.17) is 0 Å². The van der Waals surface area contributed by atoms with Crippen molar-refractivity contribution < 1.29 is 4.39 Å². The average molecular weight is 283 g/mol. The molecule has 2 aromatic rings. The number of nitrogens with one attached hydrogen (secondary N) is 1. The summed E-state index contributed by atoms with van der Waals surface area (Å²) in [6.07, 6.45) is 0. The summed E-state index contributed by atoms with van der Waals surface area (Å²) in [5.74, 6) is -0.266. The van der Waals surface area contributed by atoms with Crippen molar-refractivity contribution in [1.29, 1.82) is 5.26 Å². The van der Waals surface area contributed by atoms with E-state index in [0.29, 0.717) is 5.56 Å². The van der Waals surface area contributed by atoms with E-state index in [2.05, 4.69) is 11.4 Å². The number of hydrogen-bond donors (Lipinski definition) is 1. The second kappa shape index (κ2) is 6.38. The molecule has 2 rings (SSSR count). The zero-order valence-corrected chi connectivity index (χ0v) is 12.4. The average Bonchev–Trinajstić information content (AvgIpc) is 2.53. The Hall–Kier alpha value is -2.38. The molecular formula is C17H18FN3. The van der Waals surface area contributed by atoms with E-state index in [1.807, 2.05) is 44.1 Å². The molecule has 108 valence electrons. The largest absolute Gasteiger partial charge is 0.343 e. The Bertz CT molecular complexity index is 676. The number of nitriles is 1. The number of hydrogen-bond acceptors (Lipinski definition) is 3. The van der Waals surface area contributed by atoms with Crippen LogP contribution in [-0.4, -0.2) is 14.1 Å². The molecule has 0 radical (unpaired) electrons. The van der Waals surface area contributed by atoms with Crippen LogP contribution < -0.4 is 10.2 Å². The zero-order valence-electron chi connectivity index (χ0n) is 12.4. The maximum Gasteiger partial charge on any atom is 0.123 e. The first-order valence-corrected chi connectivity index (χ1v) is 6.78. The zero-order chi connectivity index (χ0) is 15.4. The SMILES string of the molecule is CNC(C)c1cc(F)ccc1N(C)c1ccccc1C#N. The second-order valence-corrected chi connectivity index (χ2v) is 4.90. The summed E-state index contributed by atoms with van der Waals surface area (Å²) in [4.78, 5) is 1.92. The summed E-state index contributed by atoms with van der Waals surface area (Å²) < 4.78 is 13.6. The van der Waals surface area contributed by atoms with Gasteiger partial charge in [-0.3, -0.25) is 0 Å². The topological polar surface area (TPSA) is 39.1 Å². The van der Waals surface area contributed by atoms with E-state index in [1.54, 1.807) is 12.1 Å². The van der Waals surface area contributed by atoms with Crippen LogP contribution in [-0.2, 0) is 0 Å². The lowest BCUT2D eigenvalue weighted by Crippen LogP contribution is -2.19. The Morgan fingerprint density at radius 2 is 1.90 bits per heavy atom. The molecule has 0 aromatic heterocycles. The van der Waals surface area contributed by atoms with E-state index >= 15 is 0 Å². The van der Waals surface area contributed by atoms with Gasteiger partial charge in [0.15, 0.2) is 0 Å². The highest BCUT2D eigenvalue weighted by atomic mass is 19.1. The van der Waals surface area contributed by atoms with Crippen LogP contribution in [0.4, 0.5) is 15.8 Å². The Morgan fingerprint density at radius 1 is 1.19 bits per heavy atom. The van der Waals surface area contributed by atoms with Gasteiger partial charge in [-0.1, -0.05) is 12.1 Å². The van der Waals surface area contributed by atoms with Crippen LogP contribution in [0.2, 0.25) is 0 Å². The third-order valence-electron chi connectivity index (χ3n) is 3.64. The van der Waals surface area contributed by atoms with Crippen molar-refractivity contribution in [3.8, 4) is 6.07 Å². The van der Waals surface area contributed by atoms with Gasteiger partial charge in [-0.2, -0.15) is 5.26 Å². The number of benzene rings is 2. The van der Waals surface area contributed by atoms with Crippen molar-refractivity contribution >= 4 is 11.4 Å². The maximum absolute atomic E-state index is 13.6. The molecule has 0 heterocycles. The Balaban J connectivity index is 2.53. The molecule has 1 unspecified atom stereocenters. The fraction of sp³-hybridized carbons (Fsp3) is 0.235. The van der Waals surface area contributed by atoms with Crippen molar-refractivity contribution in [2.75, 3.05) is 19.0 Å². The second-order valence-electron chi connectivity index (χ2n) is 4.90. The number of nitrogens with zero attached hydrogens (tertiary/aromatic N) is 2. The third-order valence-corrected chi connectivity index (χ3v) is 3.64. The molecule has 0 saturated carbocycles. The van der Waals surface area contributed by atoms with Crippen molar-refractivity contribution in [2.45, 2.75) is 13.0 Å². The monoisotopic (exact) mass is 283 g/mol. The number of rotatable bonds is 4. The highest BCUT2D eigenvalue weighted by Gasteiger charge is 2.16. The minimum absolute atomic E-state index is 0.00685. The molecule has 3 nitrogen and oxygen atoms in total. The number of anilines is 2. The Kier molecular flexibility index (Phi) is 4.56. The molecule has 0 spiro atoms. The van der Waals surface area contributed by atoms with E-state index in [9.17, 15) is 9.65 Å². The highest BCUT2D eigenvalue weighted by Crippen LogP contribution is 2.32. The third kappa shape index (κ3) is 3.04. The summed E-state index contributed by atoms with van der Waals surface area (Å²) in [7, 11) is 3.72. The summed E-state index contributed by atoms with van der Waals surface area (Å²) in [6, 6.07) is 14.3. The number of para-hydroxylation sites is 1. The highest BCUT2D eigenvalue weighted by molar-refractivity contribution is 5.71. The van der Waals surface area contributed by atoms with E-state index < -0.39 is 0 Å². The van der Waals surface area contributed by atoms with Gasteiger partial charge in [0.25, 0.3) is 0 Å². The van der Waals surface area contributed by atoms with Gasteiger partial charge in [0.1, 0.15) is 11.9 Å². The molecule has 0 fully saturated rings.